The van der Waals surface area contributed by atoms with Crippen LogP contribution < -0.4 is 10.0 Å². The van der Waals surface area contributed by atoms with E-state index in [1.807, 2.05) is 0 Å². The number of amides is 1. The quantitative estimate of drug-likeness (QED) is 0.436. The van der Waals surface area contributed by atoms with Gasteiger partial charge in [-0.15, -0.1) is 11.3 Å². The van der Waals surface area contributed by atoms with Crippen molar-refractivity contribution in [1.82, 2.24) is 10.0 Å². The van der Waals surface area contributed by atoms with Crippen molar-refractivity contribution in [3.05, 3.63) is 29.2 Å². The molecule has 0 saturated heterocycles. The Hall–Kier alpha value is -1.79. The first kappa shape index (κ1) is 22.5. The zero-order valence-corrected chi connectivity index (χ0v) is 17.3. The molecule has 28 heavy (non-hydrogen) atoms. The van der Waals surface area contributed by atoms with E-state index >= 15 is 0 Å². The lowest BCUT2D eigenvalue weighted by atomic mass is 9.90. The van der Waals surface area contributed by atoms with Gasteiger partial charge in [-0.1, -0.05) is 26.0 Å². The van der Waals surface area contributed by atoms with Crippen molar-refractivity contribution in [2.24, 2.45) is 5.92 Å². The normalized spacial score (nSPS) is 23.8. The van der Waals surface area contributed by atoms with Gasteiger partial charge < -0.3 is 20.3 Å². The summed E-state index contributed by atoms with van der Waals surface area (Å²) in [7, 11) is -2.72. The summed E-state index contributed by atoms with van der Waals surface area (Å²) < 4.78 is 31.8. The van der Waals surface area contributed by atoms with Gasteiger partial charge in [0.25, 0.3) is 10.0 Å². The molecule has 2 rings (SSSR count). The minimum Gasteiger partial charge on any atom is -0.467 e. The van der Waals surface area contributed by atoms with Crippen molar-refractivity contribution in [3.63, 3.8) is 0 Å². The minimum atomic E-state index is -3.93. The summed E-state index contributed by atoms with van der Waals surface area (Å²) in [5.74, 6) is -1.50. The molecule has 1 heterocycles. The van der Waals surface area contributed by atoms with Crippen LogP contribution >= 0.6 is 11.3 Å². The van der Waals surface area contributed by atoms with E-state index in [4.69, 9.17) is 0 Å². The number of carbonyl (C=O) groups excluding carboxylic acids is 2. The van der Waals surface area contributed by atoms with Gasteiger partial charge in [-0.2, -0.15) is 0 Å². The van der Waals surface area contributed by atoms with Gasteiger partial charge in [0.15, 0.2) is 0 Å². The van der Waals surface area contributed by atoms with Crippen LogP contribution in [0.15, 0.2) is 33.4 Å². The Morgan fingerprint density at radius 2 is 2.00 bits per heavy atom. The highest BCUT2D eigenvalue weighted by Gasteiger charge is 2.36. The van der Waals surface area contributed by atoms with Crippen molar-refractivity contribution in [3.8, 4) is 0 Å². The van der Waals surface area contributed by atoms with E-state index in [2.05, 4.69) is 14.8 Å². The molecule has 1 aromatic heterocycles. The van der Waals surface area contributed by atoms with Crippen LogP contribution in [0.5, 0.6) is 0 Å². The molecule has 1 aliphatic carbocycles. The molecule has 4 unspecified atom stereocenters. The van der Waals surface area contributed by atoms with Crippen LogP contribution in [0, 0.1) is 5.92 Å². The van der Waals surface area contributed by atoms with Gasteiger partial charge >= 0.3 is 5.97 Å². The van der Waals surface area contributed by atoms with Gasteiger partial charge in [-0.25, -0.2) is 17.9 Å². The van der Waals surface area contributed by atoms with Gasteiger partial charge in [0.1, 0.15) is 16.4 Å². The number of methoxy groups -OCH3 is 1. The molecule has 0 saturated carbocycles. The van der Waals surface area contributed by atoms with Crippen LogP contribution in [-0.2, 0) is 24.3 Å². The van der Waals surface area contributed by atoms with Crippen LogP contribution in [0.1, 0.15) is 20.3 Å². The van der Waals surface area contributed by atoms with Gasteiger partial charge in [0.05, 0.1) is 19.3 Å². The molecule has 156 valence electrons. The average molecular weight is 433 g/mol. The van der Waals surface area contributed by atoms with Crippen molar-refractivity contribution in [2.45, 2.75) is 48.8 Å². The zero-order chi connectivity index (χ0) is 21.1. The molecule has 1 aromatic rings. The zero-order valence-electron chi connectivity index (χ0n) is 15.7. The molecule has 11 heteroatoms. The summed E-state index contributed by atoms with van der Waals surface area (Å²) in [5, 5.41) is 24.4. The molecule has 4 N–H and O–H groups in total. The average Bonchev–Trinajstić information content (AvgIpc) is 3.17. The topological polar surface area (TPSA) is 142 Å². The Bertz CT molecular complexity index is 834. The van der Waals surface area contributed by atoms with Crippen LogP contribution in [-0.4, -0.2) is 61.9 Å². The Morgan fingerprint density at radius 3 is 2.54 bits per heavy atom. The third-order valence-corrected chi connectivity index (χ3v) is 7.18. The molecule has 1 aliphatic rings. The number of ether oxygens (including phenoxy) is 1. The lowest BCUT2D eigenvalue weighted by Gasteiger charge is -2.31. The number of esters is 1. The smallest absolute Gasteiger partial charge is 0.328 e. The first-order chi connectivity index (χ1) is 13.1. The number of rotatable bonds is 7. The van der Waals surface area contributed by atoms with E-state index in [1.54, 1.807) is 25.3 Å². The second-order valence-electron chi connectivity index (χ2n) is 6.75. The third-order valence-electron chi connectivity index (χ3n) is 4.32. The van der Waals surface area contributed by atoms with Crippen LogP contribution in [0.4, 0.5) is 0 Å². The predicted octanol–water partition coefficient (Wildman–Crippen LogP) is -0.239. The molecule has 0 radical (unpaired) electrons. The van der Waals surface area contributed by atoms with Crippen LogP contribution in [0.3, 0.4) is 0 Å². The molecular formula is C17H24N2O7S2. The number of hydrogen-bond acceptors (Lipinski definition) is 8. The summed E-state index contributed by atoms with van der Waals surface area (Å²) >= 11 is 0.999. The molecule has 4 atom stereocenters. The number of sulfonamides is 1. The predicted molar refractivity (Wildman–Crippen MR) is 102 cm³/mol. The van der Waals surface area contributed by atoms with Gasteiger partial charge in [-0.05, 0) is 17.4 Å². The first-order valence-electron chi connectivity index (χ1n) is 8.58. The van der Waals surface area contributed by atoms with Gasteiger partial charge in [0, 0.05) is 12.0 Å². The molecule has 0 spiro atoms. The second-order valence-corrected chi connectivity index (χ2v) is 9.64. The monoisotopic (exact) mass is 432 g/mol. The molecule has 0 aliphatic heterocycles. The number of carbonyl (C=O) groups is 2. The summed E-state index contributed by atoms with van der Waals surface area (Å²) in [6.07, 6.45) is -1.70. The lowest BCUT2D eigenvalue weighted by molar-refractivity contribution is -0.146. The Labute approximate surface area is 167 Å². The van der Waals surface area contributed by atoms with E-state index in [0.29, 0.717) is 0 Å². The number of hydrogen-bond donors (Lipinski definition) is 4. The fourth-order valence-electron chi connectivity index (χ4n) is 2.75. The standard InChI is InChI=1S/C17H24N2O7S2/c1-9(2)14(17(23)26-3)18-16(22)10-7-11(15(21)12(20)8-10)19-28(24,25)13-5-4-6-27-13/h4-7,9,11-12,14-15,19-21H,8H2,1-3H3,(H,18,22). The Balaban J connectivity index is 2.23. The highest BCUT2D eigenvalue weighted by Crippen LogP contribution is 2.23. The fourth-order valence-corrected chi connectivity index (χ4v) is 4.96. The van der Waals surface area contributed by atoms with Crippen LogP contribution in [0.25, 0.3) is 0 Å². The summed E-state index contributed by atoms with van der Waals surface area (Å²) in [6.45, 7) is 3.46. The van der Waals surface area contributed by atoms with Crippen molar-refractivity contribution >= 4 is 33.2 Å². The highest BCUT2D eigenvalue weighted by atomic mass is 32.2. The van der Waals surface area contributed by atoms with Gasteiger partial charge in [0.2, 0.25) is 5.91 Å². The van der Waals surface area contributed by atoms with Crippen molar-refractivity contribution in [2.75, 3.05) is 7.11 Å². The SMILES string of the molecule is COC(=O)C(NC(=O)C1=CC(NS(=O)(=O)c2cccs2)C(O)C(O)C1)C(C)C. The van der Waals surface area contributed by atoms with E-state index in [1.165, 1.54) is 19.3 Å². The van der Waals surface area contributed by atoms with Gasteiger partial charge in [-0.3, -0.25) is 4.79 Å². The maximum absolute atomic E-state index is 12.6. The minimum absolute atomic E-state index is 0.0460. The summed E-state index contributed by atoms with van der Waals surface area (Å²) in [6, 6.07) is 0.870. The van der Waals surface area contributed by atoms with Crippen molar-refractivity contribution < 1.29 is 33.0 Å². The maximum Gasteiger partial charge on any atom is 0.328 e. The van der Waals surface area contributed by atoms with E-state index in [0.717, 1.165) is 11.3 Å². The molecule has 0 bridgehead atoms. The maximum atomic E-state index is 12.6. The Morgan fingerprint density at radius 1 is 1.32 bits per heavy atom. The third kappa shape index (κ3) is 5.17. The fraction of sp³-hybridized carbons (Fsp3) is 0.529. The number of nitrogens with one attached hydrogen (secondary N) is 2. The Kier molecular flexibility index (Phi) is 7.34. The molecule has 0 fully saturated rings. The van der Waals surface area contributed by atoms with Crippen LogP contribution in [0.2, 0.25) is 0 Å². The molecule has 1 amide bonds. The number of aliphatic hydroxyl groups is 2. The van der Waals surface area contributed by atoms with E-state index in [9.17, 15) is 28.2 Å². The largest absolute Gasteiger partial charge is 0.467 e. The summed E-state index contributed by atoms with van der Waals surface area (Å²) in [4.78, 5) is 24.4. The highest BCUT2D eigenvalue weighted by molar-refractivity contribution is 7.91. The first-order valence-corrected chi connectivity index (χ1v) is 10.9. The van der Waals surface area contributed by atoms with E-state index < -0.39 is 46.2 Å². The second kappa shape index (κ2) is 9.14. The van der Waals surface area contributed by atoms with Crippen molar-refractivity contribution in [1.29, 1.82) is 0 Å². The molecular weight excluding hydrogens is 408 g/mol. The lowest BCUT2D eigenvalue weighted by Crippen LogP contribution is -2.52. The van der Waals surface area contributed by atoms with E-state index in [-0.39, 0.29) is 22.1 Å². The number of thiophene rings is 1. The molecule has 9 nitrogen and oxygen atoms in total. The molecule has 0 aromatic carbocycles. The summed E-state index contributed by atoms with van der Waals surface area (Å²) in [5.41, 5.74) is 0.0613. The number of aliphatic hydroxyl groups excluding tert-OH is 2.